The molecule has 0 amide bonds. The first kappa shape index (κ1) is 12.0. The fourth-order valence-corrected chi connectivity index (χ4v) is 2.45. The highest BCUT2D eigenvalue weighted by atomic mass is 15.2. The lowest BCUT2D eigenvalue weighted by Gasteiger charge is -2.41. The lowest BCUT2D eigenvalue weighted by molar-refractivity contribution is 0.0785. The number of nitrogens with zero attached hydrogens (tertiary/aromatic N) is 1. The van der Waals surface area contributed by atoms with E-state index in [9.17, 15) is 0 Å². The Morgan fingerprint density at radius 3 is 2.43 bits per heavy atom. The van der Waals surface area contributed by atoms with E-state index in [2.05, 4.69) is 32.6 Å². The molecule has 0 aromatic carbocycles. The lowest BCUT2D eigenvalue weighted by Crippen LogP contribution is -2.47. The van der Waals surface area contributed by atoms with Crippen molar-refractivity contribution >= 4 is 0 Å². The van der Waals surface area contributed by atoms with Gasteiger partial charge in [0.1, 0.15) is 0 Å². The highest BCUT2D eigenvalue weighted by Gasteiger charge is 2.27. The molecule has 84 valence electrons. The van der Waals surface area contributed by atoms with E-state index in [-0.39, 0.29) is 0 Å². The SMILES string of the molecule is CC1CC(CN)CN(C(C)C(C)C)C1. The molecule has 3 unspecified atom stereocenters. The van der Waals surface area contributed by atoms with Crippen LogP contribution >= 0.6 is 0 Å². The Balaban J connectivity index is 2.52. The smallest absolute Gasteiger partial charge is 0.00901 e. The third-order valence-electron chi connectivity index (χ3n) is 3.65. The number of hydrogen-bond donors (Lipinski definition) is 1. The first-order valence-corrected chi connectivity index (χ1v) is 5.98. The molecule has 1 saturated heterocycles. The molecule has 1 aliphatic rings. The van der Waals surface area contributed by atoms with Gasteiger partial charge in [-0.2, -0.15) is 0 Å². The van der Waals surface area contributed by atoms with E-state index in [0.717, 1.165) is 24.3 Å². The quantitative estimate of drug-likeness (QED) is 0.751. The van der Waals surface area contributed by atoms with Gasteiger partial charge >= 0.3 is 0 Å². The number of likely N-dealkylation sites (tertiary alicyclic amines) is 1. The molecule has 0 aliphatic carbocycles. The van der Waals surface area contributed by atoms with Gasteiger partial charge in [0.05, 0.1) is 0 Å². The summed E-state index contributed by atoms with van der Waals surface area (Å²) in [4.78, 5) is 2.62. The van der Waals surface area contributed by atoms with Crippen LogP contribution in [0, 0.1) is 17.8 Å². The van der Waals surface area contributed by atoms with Gasteiger partial charge in [-0.25, -0.2) is 0 Å². The molecule has 2 nitrogen and oxygen atoms in total. The molecule has 0 bridgehead atoms. The third kappa shape index (κ3) is 2.96. The topological polar surface area (TPSA) is 29.3 Å². The summed E-state index contributed by atoms with van der Waals surface area (Å²) in [5.41, 5.74) is 5.78. The predicted molar refractivity (Wildman–Crippen MR) is 62.2 cm³/mol. The minimum atomic E-state index is 0.701. The van der Waals surface area contributed by atoms with Crippen LogP contribution in [-0.2, 0) is 0 Å². The maximum absolute atomic E-state index is 5.78. The largest absolute Gasteiger partial charge is 0.330 e. The molecule has 2 N–H and O–H groups in total. The zero-order valence-electron chi connectivity index (χ0n) is 10.2. The van der Waals surface area contributed by atoms with Gasteiger partial charge in [-0.1, -0.05) is 20.8 Å². The summed E-state index contributed by atoms with van der Waals surface area (Å²) >= 11 is 0. The van der Waals surface area contributed by atoms with Crippen LogP contribution in [-0.4, -0.2) is 30.6 Å². The molecule has 1 rings (SSSR count). The van der Waals surface area contributed by atoms with Crippen LogP contribution in [0.5, 0.6) is 0 Å². The molecule has 1 aliphatic heterocycles. The minimum absolute atomic E-state index is 0.701. The lowest BCUT2D eigenvalue weighted by atomic mass is 9.88. The number of hydrogen-bond acceptors (Lipinski definition) is 2. The molecular formula is C12H26N2. The maximum atomic E-state index is 5.78. The summed E-state index contributed by atoms with van der Waals surface area (Å²) < 4.78 is 0. The van der Waals surface area contributed by atoms with Crippen molar-refractivity contribution in [2.45, 2.75) is 40.2 Å². The van der Waals surface area contributed by atoms with Gasteiger partial charge in [-0.05, 0) is 37.6 Å². The van der Waals surface area contributed by atoms with Crippen molar-refractivity contribution < 1.29 is 0 Å². The molecule has 1 fully saturated rings. The fourth-order valence-electron chi connectivity index (χ4n) is 2.45. The van der Waals surface area contributed by atoms with Gasteiger partial charge in [0, 0.05) is 19.1 Å². The van der Waals surface area contributed by atoms with Crippen LogP contribution in [0.25, 0.3) is 0 Å². The summed E-state index contributed by atoms with van der Waals surface area (Å²) in [5, 5.41) is 0. The van der Waals surface area contributed by atoms with E-state index in [1.54, 1.807) is 0 Å². The normalized spacial score (nSPS) is 32.1. The molecule has 0 saturated carbocycles. The van der Waals surface area contributed by atoms with Crippen LogP contribution in [0.3, 0.4) is 0 Å². The van der Waals surface area contributed by atoms with Crippen molar-refractivity contribution in [1.82, 2.24) is 4.90 Å². The second-order valence-electron chi connectivity index (χ2n) is 5.38. The molecule has 1 heterocycles. The zero-order valence-corrected chi connectivity index (χ0v) is 10.2. The van der Waals surface area contributed by atoms with Crippen LogP contribution in [0.4, 0.5) is 0 Å². The summed E-state index contributed by atoms with van der Waals surface area (Å²) in [6.07, 6.45) is 1.32. The van der Waals surface area contributed by atoms with Gasteiger partial charge < -0.3 is 5.73 Å². The second-order valence-corrected chi connectivity index (χ2v) is 5.38. The molecule has 14 heavy (non-hydrogen) atoms. The van der Waals surface area contributed by atoms with E-state index in [1.165, 1.54) is 19.5 Å². The van der Waals surface area contributed by atoms with E-state index < -0.39 is 0 Å². The maximum Gasteiger partial charge on any atom is 0.00901 e. The van der Waals surface area contributed by atoms with Crippen molar-refractivity contribution in [2.75, 3.05) is 19.6 Å². The van der Waals surface area contributed by atoms with E-state index >= 15 is 0 Å². The molecular weight excluding hydrogens is 172 g/mol. The molecule has 0 aromatic rings. The average Bonchev–Trinajstić information content (AvgIpc) is 2.15. The average molecular weight is 198 g/mol. The Morgan fingerprint density at radius 1 is 1.29 bits per heavy atom. The van der Waals surface area contributed by atoms with E-state index in [0.29, 0.717) is 6.04 Å². The van der Waals surface area contributed by atoms with Crippen molar-refractivity contribution in [1.29, 1.82) is 0 Å². The minimum Gasteiger partial charge on any atom is -0.330 e. The van der Waals surface area contributed by atoms with E-state index in [1.807, 2.05) is 0 Å². The van der Waals surface area contributed by atoms with Gasteiger partial charge in [-0.3, -0.25) is 4.90 Å². The summed E-state index contributed by atoms with van der Waals surface area (Å²) in [6.45, 7) is 12.6. The fraction of sp³-hybridized carbons (Fsp3) is 1.00. The van der Waals surface area contributed by atoms with Crippen molar-refractivity contribution in [3.05, 3.63) is 0 Å². The Bertz CT molecular complexity index is 168. The molecule has 2 heteroatoms. The van der Waals surface area contributed by atoms with Crippen LogP contribution < -0.4 is 5.73 Å². The highest BCUT2D eigenvalue weighted by Crippen LogP contribution is 2.24. The Morgan fingerprint density at radius 2 is 1.93 bits per heavy atom. The molecule has 0 spiro atoms. The monoisotopic (exact) mass is 198 g/mol. The predicted octanol–water partition coefficient (Wildman–Crippen LogP) is 1.95. The molecule has 0 aromatic heterocycles. The highest BCUT2D eigenvalue weighted by molar-refractivity contribution is 4.81. The van der Waals surface area contributed by atoms with Gasteiger partial charge in [0.15, 0.2) is 0 Å². The Labute approximate surface area is 88.8 Å². The van der Waals surface area contributed by atoms with Crippen LogP contribution in [0.15, 0.2) is 0 Å². The van der Waals surface area contributed by atoms with Gasteiger partial charge in [0.2, 0.25) is 0 Å². The first-order valence-electron chi connectivity index (χ1n) is 5.98. The number of rotatable bonds is 3. The Hall–Kier alpha value is -0.0800. The Kier molecular flexibility index (Phi) is 4.39. The number of piperidine rings is 1. The van der Waals surface area contributed by atoms with Crippen molar-refractivity contribution in [3.63, 3.8) is 0 Å². The molecule has 0 radical (unpaired) electrons. The number of nitrogens with two attached hydrogens (primary N) is 1. The summed E-state index contributed by atoms with van der Waals surface area (Å²) in [7, 11) is 0. The van der Waals surface area contributed by atoms with Gasteiger partial charge in [-0.15, -0.1) is 0 Å². The standard InChI is InChI=1S/C12H26N2/c1-9(2)11(4)14-7-10(3)5-12(6-13)8-14/h9-12H,5-8,13H2,1-4H3. The van der Waals surface area contributed by atoms with Crippen molar-refractivity contribution in [2.24, 2.45) is 23.5 Å². The molecule has 3 atom stereocenters. The van der Waals surface area contributed by atoms with Crippen LogP contribution in [0.2, 0.25) is 0 Å². The second kappa shape index (κ2) is 5.13. The first-order chi connectivity index (χ1) is 6.54. The summed E-state index contributed by atoms with van der Waals surface area (Å²) in [6, 6.07) is 0.701. The van der Waals surface area contributed by atoms with Crippen LogP contribution in [0.1, 0.15) is 34.1 Å². The zero-order chi connectivity index (χ0) is 10.7. The van der Waals surface area contributed by atoms with Gasteiger partial charge in [0.25, 0.3) is 0 Å². The van der Waals surface area contributed by atoms with E-state index in [4.69, 9.17) is 5.73 Å². The third-order valence-corrected chi connectivity index (χ3v) is 3.65. The van der Waals surface area contributed by atoms with Crippen molar-refractivity contribution in [3.8, 4) is 0 Å². The summed E-state index contributed by atoms with van der Waals surface area (Å²) in [5.74, 6) is 2.29.